The average Bonchev–Trinajstić information content (AvgIpc) is 2.48. The molecule has 1 unspecified atom stereocenters. The van der Waals surface area contributed by atoms with Crippen LogP contribution in [0.1, 0.15) is 30.8 Å². The van der Waals surface area contributed by atoms with Gasteiger partial charge in [0.15, 0.2) is 0 Å². The monoisotopic (exact) mass is 297 g/mol. The number of nitrogens with zero attached hydrogens (tertiary/aromatic N) is 2. The maximum absolute atomic E-state index is 12.6. The van der Waals surface area contributed by atoms with Crippen LogP contribution in [0.5, 0.6) is 0 Å². The van der Waals surface area contributed by atoms with Crippen LogP contribution in [0.3, 0.4) is 0 Å². The summed E-state index contributed by atoms with van der Waals surface area (Å²) in [5, 5.41) is 3.48. The first-order valence-corrected chi connectivity index (χ1v) is 7.34. The molecule has 110 valence electrons. The van der Waals surface area contributed by atoms with Gasteiger partial charge in [0.05, 0.1) is 24.3 Å². The molecule has 1 aliphatic rings. The normalized spacial score (nSPS) is 18.9. The SMILES string of the molecule is CCNc1ccc(Cl)c(C(=O)N2CCOCC2CC)n1. The standard InChI is InChI=1S/C14H20ClN3O2/c1-3-10-9-20-8-7-18(10)14(19)13-11(15)5-6-12(17-13)16-4-2/h5-6,10H,3-4,7-9H2,1-2H3,(H,16,17). The van der Waals surface area contributed by atoms with E-state index in [1.165, 1.54) is 0 Å². The smallest absolute Gasteiger partial charge is 0.274 e. The molecule has 6 heteroatoms. The summed E-state index contributed by atoms with van der Waals surface area (Å²) in [7, 11) is 0. The number of amides is 1. The van der Waals surface area contributed by atoms with Crippen LogP contribution in [0.15, 0.2) is 12.1 Å². The van der Waals surface area contributed by atoms with Crippen LogP contribution in [0.25, 0.3) is 0 Å². The Labute approximate surface area is 124 Å². The van der Waals surface area contributed by atoms with E-state index in [0.717, 1.165) is 13.0 Å². The van der Waals surface area contributed by atoms with Crippen LogP contribution in [-0.2, 0) is 4.74 Å². The summed E-state index contributed by atoms with van der Waals surface area (Å²) in [6.45, 7) is 6.49. The third-order valence-corrected chi connectivity index (χ3v) is 3.67. The number of hydrogen-bond acceptors (Lipinski definition) is 4. The van der Waals surface area contributed by atoms with E-state index in [2.05, 4.69) is 10.3 Å². The molecule has 1 aromatic heterocycles. The van der Waals surface area contributed by atoms with Gasteiger partial charge in [-0.05, 0) is 25.5 Å². The molecule has 1 atom stereocenters. The second kappa shape index (κ2) is 6.90. The average molecular weight is 298 g/mol. The van der Waals surface area contributed by atoms with Gasteiger partial charge in [-0.2, -0.15) is 0 Å². The minimum Gasteiger partial charge on any atom is -0.377 e. The van der Waals surface area contributed by atoms with Gasteiger partial charge in [0.25, 0.3) is 5.91 Å². The van der Waals surface area contributed by atoms with Gasteiger partial charge in [0, 0.05) is 13.1 Å². The molecular weight excluding hydrogens is 278 g/mol. The predicted octanol–water partition coefficient (Wildman–Crippen LogP) is 2.42. The summed E-state index contributed by atoms with van der Waals surface area (Å²) in [5.74, 6) is 0.548. The van der Waals surface area contributed by atoms with Crippen molar-refractivity contribution in [3.63, 3.8) is 0 Å². The molecule has 1 aromatic rings. The number of aromatic nitrogens is 1. The molecule has 1 amide bonds. The van der Waals surface area contributed by atoms with Gasteiger partial charge in [0.1, 0.15) is 11.5 Å². The van der Waals surface area contributed by atoms with Gasteiger partial charge < -0.3 is 15.0 Å². The quantitative estimate of drug-likeness (QED) is 0.927. The number of pyridine rings is 1. The number of carbonyl (C=O) groups excluding carboxylic acids is 1. The molecule has 0 saturated carbocycles. The highest BCUT2D eigenvalue weighted by atomic mass is 35.5. The molecule has 1 fully saturated rings. The molecule has 0 spiro atoms. The molecule has 2 heterocycles. The molecule has 2 rings (SSSR count). The summed E-state index contributed by atoms with van der Waals surface area (Å²) in [6.07, 6.45) is 0.857. The number of anilines is 1. The van der Waals surface area contributed by atoms with Crippen LogP contribution in [0, 0.1) is 0 Å². The lowest BCUT2D eigenvalue weighted by Crippen LogP contribution is -2.48. The molecule has 0 radical (unpaired) electrons. The maximum Gasteiger partial charge on any atom is 0.274 e. The lowest BCUT2D eigenvalue weighted by molar-refractivity contribution is -0.00308. The van der Waals surface area contributed by atoms with E-state index < -0.39 is 0 Å². The van der Waals surface area contributed by atoms with E-state index in [1.807, 2.05) is 18.7 Å². The van der Waals surface area contributed by atoms with E-state index in [4.69, 9.17) is 16.3 Å². The Bertz CT molecular complexity index is 481. The Morgan fingerprint density at radius 2 is 2.35 bits per heavy atom. The zero-order chi connectivity index (χ0) is 14.5. The summed E-state index contributed by atoms with van der Waals surface area (Å²) in [5.41, 5.74) is 0.311. The highest BCUT2D eigenvalue weighted by molar-refractivity contribution is 6.33. The number of hydrogen-bond donors (Lipinski definition) is 1. The summed E-state index contributed by atoms with van der Waals surface area (Å²) in [6, 6.07) is 3.58. The van der Waals surface area contributed by atoms with Crippen molar-refractivity contribution in [2.45, 2.75) is 26.3 Å². The van der Waals surface area contributed by atoms with Gasteiger partial charge in [-0.25, -0.2) is 4.98 Å². The number of nitrogens with one attached hydrogen (secondary N) is 1. The van der Waals surface area contributed by atoms with Gasteiger partial charge in [-0.15, -0.1) is 0 Å². The van der Waals surface area contributed by atoms with Crippen molar-refractivity contribution < 1.29 is 9.53 Å². The Kier molecular flexibility index (Phi) is 5.20. The second-order valence-corrected chi connectivity index (χ2v) is 5.10. The van der Waals surface area contributed by atoms with Crippen LogP contribution in [0.4, 0.5) is 5.82 Å². The molecule has 5 nitrogen and oxygen atoms in total. The van der Waals surface area contributed by atoms with Crippen molar-refractivity contribution in [2.24, 2.45) is 0 Å². The number of carbonyl (C=O) groups is 1. The Hall–Kier alpha value is -1.33. The van der Waals surface area contributed by atoms with Crippen molar-refractivity contribution >= 4 is 23.3 Å². The summed E-state index contributed by atoms with van der Waals surface area (Å²) < 4.78 is 5.42. The largest absolute Gasteiger partial charge is 0.377 e. The zero-order valence-electron chi connectivity index (χ0n) is 11.9. The second-order valence-electron chi connectivity index (χ2n) is 4.69. The third-order valence-electron chi connectivity index (χ3n) is 3.37. The topological polar surface area (TPSA) is 54.5 Å². The lowest BCUT2D eigenvalue weighted by Gasteiger charge is -2.35. The fourth-order valence-electron chi connectivity index (χ4n) is 2.27. The predicted molar refractivity (Wildman–Crippen MR) is 79.3 cm³/mol. The Morgan fingerprint density at radius 3 is 3.05 bits per heavy atom. The van der Waals surface area contributed by atoms with E-state index in [-0.39, 0.29) is 11.9 Å². The number of morpholine rings is 1. The summed E-state index contributed by atoms with van der Waals surface area (Å²) in [4.78, 5) is 18.8. The fraction of sp³-hybridized carbons (Fsp3) is 0.571. The van der Waals surface area contributed by atoms with Gasteiger partial charge in [-0.1, -0.05) is 18.5 Å². The molecular formula is C14H20ClN3O2. The molecule has 1 aliphatic heterocycles. The van der Waals surface area contributed by atoms with E-state index in [9.17, 15) is 4.79 Å². The maximum atomic E-state index is 12.6. The first-order chi connectivity index (χ1) is 9.67. The molecule has 1 N–H and O–H groups in total. The van der Waals surface area contributed by atoms with E-state index in [0.29, 0.717) is 36.3 Å². The minimum atomic E-state index is -0.120. The van der Waals surface area contributed by atoms with Crippen LogP contribution >= 0.6 is 11.6 Å². The van der Waals surface area contributed by atoms with Crippen molar-refractivity contribution in [3.8, 4) is 0 Å². The van der Waals surface area contributed by atoms with Gasteiger partial charge in [-0.3, -0.25) is 4.79 Å². The zero-order valence-corrected chi connectivity index (χ0v) is 12.6. The van der Waals surface area contributed by atoms with Crippen molar-refractivity contribution in [1.29, 1.82) is 0 Å². The van der Waals surface area contributed by atoms with E-state index >= 15 is 0 Å². The molecule has 0 aliphatic carbocycles. The van der Waals surface area contributed by atoms with Gasteiger partial charge >= 0.3 is 0 Å². The Balaban J connectivity index is 2.24. The van der Waals surface area contributed by atoms with Crippen molar-refractivity contribution in [2.75, 3.05) is 31.6 Å². The molecule has 0 aromatic carbocycles. The highest BCUT2D eigenvalue weighted by Crippen LogP contribution is 2.21. The molecule has 0 bridgehead atoms. The van der Waals surface area contributed by atoms with Crippen LogP contribution in [0.2, 0.25) is 5.02 Å². The number of halogens is 1. The summed E-state index contributed by atoms with van der Waals surface area (Å²) >= 11 is 6.13. The van der Waals surface area contributed by atoms with E-state index in [1.54, 1.807) is 12.1 Å². The third kappa shape index (κ3) is 3.22. The number of ether oxygens (including phenoxy) is 1. The van der Waals surface area contributed by atoms with Crippen LogP contribution < -0.4 is 5.32 Å². The van der Waals surface area contributed by atoms with Crippen molar-refractivity contribution in [1.82, 2.24) is 9.88 Å². The van der Waals surface area contributed by atoms with Crippen LogP contribution in [-0.4, -0.2) is 48.1 Å². The minimum absolute atomic E-state index is 0.0944. The fourth-order valence-corrected chi connectivity index (χ4v) is 2.45. The highest BCUT2D eigenvalue weighted by Gasteiger charge is 2.29. The van der Waals surface area contributed by atoms with Gasteiger partial charge in [0.2, 0.25) is 0 Å². The van der Waals surface area contributed by atoms with Crippen molar-refractivity contribution in [3.05, 3.63) is 22.8 Å². The lowest BCUT2D eigenvalue weighted by atomic mass is 10.1. The first kappa shape index (κ1) is 15.1. The molecule has 1 saturated heterocycles. The first-order valence-electron chi connectivity index (χ1n) is 6.96. The molecule has 20 heavy (non-hydrogen) atoms. The number of rotatable bonds is 4. The Morgan fingerprint density at radius 1 is 1.55 bits per heavy atom.